The van der Waals surface area contributed by atoms with E-state index in [-0.39, 0.29) is 32.6 Å². The summed E-state index contributed by atoms with van der Waals surface area (Å²) < 4.78 is 40.1. The van der Waals surface area contributed by atoms with Gasteiger partial charge in [0.05, 0.1) is 16.0 Å². The van der Waals surface area contributed by atoms with Gasteiger partial charge in [-0.05, 0) is 49.9 Å². The molecule has 3 rings (SSSR count). The van der Waals surface area contributed by atoms with Gasteiger partial charge in [-0.15, -0.1) is 11.3 Å². The third kappa shape index (κ3) is 3.25. The van der Waals surface area contributed by atoms with E-state index in [2.05, 4.69) is 17.2 Å². The summed E-state index contributed by atoms with van der Waals surface area (Å²) in [6.45, 7) is 6.97. The van der Waals surface area contributed by atoms with Gasteiger partial charge >= 0.3 is 6.18 Å². The largest absolute Gasteiger partial charge is 0.418 e. The Morgan fingerprint density at radius 2 is 2.08 bits per heavy atom. The Bertz CT molecular complexity index is 837. The molecule has 0 spiro atoms. The van der Waals surface area contributed by atoms with Crippen LogP contribution in [-0.2, 0) is 6.18 Å². The molecular weight excluding hydrogens is 349 g/mol. The monoisotopic (exact) mass is 368 g/mol. The second-order valence-corrected chi connectivity index (χ2v) is 7.54. The van der Waals surface area contributed by atoms with Crippen molar-refractivity contribution in [2.45, 2.75) is 44.4 Å². The van der Waals surface area contributed by atoms with Crippen molar-refractivity contribution >= 4 is 27.3 Å². The van der Waals surface area contributed by atoms with Crippen LogP contribution in [-0.4, -0.2) is 17.5 Å². The smallest absolute Gasteiger partial charge is 0.384 e. The van der Waals surface area contributed by atoms with E-state index in [9.17, 15) is 18.0 Å². The second-order valence-electron chi connectivity index (χ2n) is 6.48. The number of hydrogen-bond donors (Lipinski definition) is 2. The van der Waals surface area contributed by atoms with E-state index in [1.807, 2.05) is 6.92 Å². The average Bonchev–Trinajstić information content (AvgIpc) is 3.17. The van der Waals surface area contributed by atoms with Crippen molar-refractivity contribution < 1.29 is 18.0 Å². The number of halogens is 3. The summed E-state index contributed by atoms with van der Waals surface area (Å²) in [5.41, 5.74) is -0.690. The molecule has 1 fully saturated rings. The molecule has 1 aromatic carbocycles. The maximum absolute atomic E-state index is 13.3. The minimum Gasteiger partial charge on any atom is -0.384 e. The maximum atomic E-state index is 13.3. The number of rotatable bonds is 5. The fourth-order valence-corrected chi connectivity index (χ4v) is 4.29. The van der Waals surface area contributed by atoms with Crippen molar-refractivity contribution in [3.05, 3.63) is 47.0 Å². The molecule has 1 heterocycles. The van der Waals surface area contributed by atoms with Crippen LogP contribution in [0.15, 0.2) is 31.0 Å². The Hall–Kier alpha value is -2.02. The van der Waals surface area contributed by atoms with Crippen molar-refractivity contribution in [1.82, 2.24) is 10.6 Å². The average molecular weight is 368 g/mol. The summed E-state index contributed by atoms with van der Waals surface area (Å²) in [6.07, 6.45) is -0.997. The minimum atomic E-state index is -4.44. The third-order valence-electron chi connectivity index (χ3n) is 4.76. The van der Waals surface area contributed by atoms with E-state index < -0.39 is 11.7 Å². The number of fused-ring (bicyclic) bond motifs is 1. The standard InChI is InChI=1S/C18H19F3N2OS/c1-4-22-17(7-8-17)11(3)23-16(24)13-9-12-6-5-10(2)14(15(12)25-13)18(19,20)21/h4-6,9,11,22H,1,7-8H2,2-3H3,(H,23,24). The molecule has 0 bridgehead atoms. The molecule has 0 radical (unpaired) electrons. The molecule has 134 valence electrons. The molecule has 3 nitrogen and oxygen atoms in total. The number of nitrogens with one attached hydrogen (secondary N) is 2. The first-order valence-corrected chi connectivity index (χ1v) is 8.79. The van der Waals surface area contributed by atoms with E-state index >= 15 is 0 Å². The molecule has 2 aromatic rings. The van der Waals surface area contributed by atoms with Crippen LogP contribution < -0.4 is 10.6 Å². The topological polar surface area (TPSA) is 41.1 Å². The van der Waals surface area contributed by atoms with Crippen LogP contribution in [0.1, 0.15) is 40.6 Å². The van der Waals surface area contributed by atoms with Crippen molar-refractivity contribution in [3.63, 3.8) is 0 Å². The SMILES string of the molecule is C=CNC1(C(C)NC(=O)c2cc3ccc(C)c(C(F)(F)F)c3s2)CC1. The molecule has 0 saturated heterocycles. The van der Waals surface area contributed by atoms with Gasteiger partial charge in [0.2, 0.25) is 0 Å². The number of thiophene rings is 1. The summed E-state index contributed by atoms with van der Waals surface area (Å²) in [5.74, 6) is -0.350. The van der Waals surface area contributed by atoms with Crippen molar-refractivity contribution in [3.8, 4) is 0 Å². The number of alkyl halides is 3. The first-order valence-electron chi connectivity index (χ1n) is 7.98. The van der Waals surface area contributed by atoms with Crippen LogP contribution in [0.3, 0.4) is 0 Å². The number of hydrogen-bond acceptors (Lipinski definition) is 3. The number of carbonyl (C=O) groups is 1. The zero-order valence-corrected chi connectivity index (χ0v) is 14.8. The highest BCUT2D eigenvalue weighted by molar-refractivity contribution is 7.21. The molecule has 1 atom stereocenters. The Balaban J connectivity index is 1.89. The van der Waals surface area contributed by atoms with Crippen LogP contribution >= 0.6 is 11.3 Å². The summed E-state index contributed by atoms with van der Waals surface area (Å²) in [4.78, 5) is 12.8. The lowest BCUT2D eigenvalue weighted by Gasteiger charge is -2.24. The predicted molar refractivity (Wildman–Crippen MR) is 93.8 cm³/mol. The van der Waals surface area contributed by atoms with Gasteiger partial charge in [-0.3, -0.25) is 4.79 Å². The van der Waals surface area contributed by atoms with Gasteiger partial charge in [-0.1, -0.05) is 18.7 Å². The lowest BCUT2D eigenvalue weighted by molar-refractivity contribution is -0.136. The highest BCUT2D eigenvalue weighted by Gasteiger charge is 2.47. The van der Waals surface area contributed by atoms with Gasteiger partial charge in [-0.2, -0.15) is 13.2 Å². The van der Waals surface area contributed by atoms with Gasteiger partial charge < -0.3 is 10.6 Å². The van der Waals surface area contributed by atoms with E-state index in [0.29, 0.717) is 5.39 Å². The van der Waals surface area contributed by atoms with Crippen LogP contribution in [0, 0.1) is 6.92 Å². The van der Waals surface area contributed by atoms with Gasteiger partial charge in [0.1, 0.15) is 0 Å². The molecule has 1 saturated carbocycles. The van der Waals surface area contributed by atoms with E-state index in [1.165, 1.54) is 19.1 Å². The van der Waals surface area contributed by atoms with E-state index in [0.717, 1.165) is 24.2 Å². The van der Waals surface area contributed by atoms with Gasteiger partial charge in [-0.25, -0.2) is 0 Å². The highest BCUT2D eigenvalue weighted by atomic mass is 32.1. The van der Waals surface area contributed by atoms with Crippen molar-refractivity contribution in [1.29, 1.82) is 0 Å². The minimum absolute atomic E-state index is 0.107. The fourth-order valence-electron chi connectivity index (χ4n) is 3.11. The third-order valence-corrected chi connectivity index (χ3v) is 5.92. The Morgan fingerprint density at radius 3 is 2.64 bits per heavy atom. The second kappa shape index (κ2) is 6.05. The Morgan fingerprint density at radius 1 is 1.40 bits per heavy atom. The molecule has 25 heavy (non-hydrogen) atoms. The first-order chi connectivity index (χ1) is 11.7. The summed E-state index contributed by atoms with van der Waals surface area (Å²) in [6, 6.07) is 4.44. The van der Waals surface area contributed by atoms with Crippen LogP contribution in [0.5, 0.6) is 0 Å². The summed E-state index contributed by atoms with van der Waals surface area (Å²) in [5, 5.41) is 6.49. The molecule has 1 aromatic heterocycles. The molecule has 1 unspecified atom stereocenters. The maximum Gasteiger partial charge on any atom is 0.418 e. The fraction of sp³-hybridized carbons (Fsp3) is 0.389. The van der Waals surface area contributed by atoms with Gasteiger partial charge in [0, 0.05) is 10.7 Å². The number of amides is 1. The van der Waals surface area contributed by atoms with Crippen LogP contribution in [0.4, 0.5) is 13.2 Å². The lowest BCUT2D eigenvalue weighted by Crippen LogP contribution is -2.48. The van der Waals surface area contributed by atoms with E-state index in [1.54, 1.807) is 12.3 Å². The van der Waals surface area contributed by atoms with E-state index in [4.69, 9.17) is 0 Å². The van der Waals surface area contributed by atoms with Crippen LogP contribution in [0.2, 0.25) is 0 Å². The van der Waals surface area contributed by atoms with Gasteiger partial charge in [0.25, 0.3) is 5.91 Å². The van der Waals surface area contributed by atoms with Crippen molar-refractivity contribution in [2.75, 3.05) is 0 Å². The molecule has 1 amide bonds. The molecule has 7 heteroatoms. The molecular formula is C18H19F3N2OS. The summed E-state index contributed by atoms with van der Waals surface area (Å²) in [7, 11) is 0. The lowest BCUT2D eigenvalue weighted by atomic mass is 10.1. The quantitative estimate of drug-likeness (QED) is 0.809. The highest BCUT2D eigenvalue weighted by Crippen LogP contribution is 2.41. The molecule has 0 aliphatic heterocycles. The summed E-state index contributed by atoms with van der Waals surface area (Å²) >= 11 is 0.887. The number of aryl methyl sites for hydroxylation is 1. The normalized spacial score (nSPS) is 17.2. The van der Waals surface area contributed by atoms with Crippen LogP contribution in [0.25, 0.3) is 10.1 Å². The zero-order valence-electron chi connectivity index (χ0n) is 14.0. The molecule has 1 aliphatic rings. The Labute approximate surface area is 147 Å². The first kappa shape index (κ1) is 17.8. The van der Waals surface area contributed by atoms with Crippen molar-refractivity contribution in [2.24, 2.45) is 0 Å². The number of carbonyl (C=O) groups excluding carboxylic acids is 1. The number of benzene rings is 1. The molecule has 2 N–H and O–H groups in total. The Kier molecular flexibility index (Phi) is 4.31. The predicted octanol–water partition coefficient (Wildman–Crippen LogP) is 4.61. The zero-order chi connectivity index (χ0) is 18.4. The molecule has 1 aliphatic carbocycles. The van der Waals surface area contributed by atoms with Gasteiger partial charge in [0.15, 0.2) is 0 Å².